The van der Waals surface area contributed by atoms with Gasteiger partial charge in [-0.2, -0.15) is 13.2 Å². The molecule has 1 aromatic rings. The molecule has 0 aliphatic heterocycles. The molecular formula is C9H7F3O2. The highest BCUT2D eigenvalue weighted by Crippen LogP contribution is 2.25. The van der Waals surface area contributed by atoms with Gasteiger partial charge in [-0.3, -0.25) is 4.79 Å². The standard InChI is InChI=1S/C9H7F3O2/c1-6(9(10,11)12)8(13)5-7-3-2-4-14-7/h2-4H,1,5H2. The Morgan fingerprint density at radius 1 is 1.50 bits per heavy atom. The number of furan rings is 1. The van der Waals surface area contributed by atoms with E-state index in [1.807, 2.05) is 0 Å². The van der Waals surface area contributed by atoms with Gasteiger partial charge < -0.3 is 4.42 Å². The van der Waals surface area contributed by atoms with Crippen LogP contribution in [0.3, 0.4) is 0 Å². The van der Waals surface area contributed by atoms with Crippen LogP contribution in [0.15, 0.2) is 35.0 Å². The van der Waals surface area contributed by atoms with Gasteiger partial charge in [-0.05, 0) is 12.1 Å². The molecule has 0 aliphatic carbocycles. The maximum Gasteiger partial charge on any atom is 0.419 e. The molecule has 0 aliphatic rings. The lowest BCUT2D eigenvalue weighted by Crippen LogP contribution is -2.20. The van der Waals surface area contributed by atoms with Gasteiger partial charge >= 0.3 is 6.18 Å². The van der Waals surface area contributed by atoms with Gasteiger partial charge in [-0.15, -0.1) is 0 Å². The summed E-state index contributed by atoms with van der Waals surface area (Å²) < 4.78 is 40.7. The maximum atomic E-state index is 12.0. The summed E-state index contributed by atoms with van der Waals surface area (Å²) in [7, 11) is 0. The maximum absolute atomic E-state index is 12.0. The van der Waals surface area contributed by atoms with Crippen molar-refractivity contribution in [1.29, 1.82) is 0 Å². The molecule has 2 nitrogen and oxygen atoms in total. The van der Waals surface area contributed by atoms with Crippen LogP contribution in [-0.4, -0.2) is 12.0 Å². The molecule has 14 heavy (non-hydrogen) atoms. The minimum Gasteiger partial charge on any atom is -0.469 e. The first-order valence-corrected chi connectivity index (χ1v) is 3.73. The Bertz CT molecular complexity index is 335. The third-order valence-corrected chi connectivity index (χ3v) is 1.59. The van der Waals surface area contributed by atoms with Crippen LogP contribution in [0.1, 0.15) is 5.76 Å². The molecule has 0 fully saturated rings. The Labute approximate surface area is 78.0 Å². The lowest BCUT2D eigenvalue weighted by molar-refractivity contribution is -0.128. The first-order chi connectivity index (χ1) is 6.41. The van der Waals surface area contributed by atoms with Crippen molar-refractivity contribution in [3.63, 3.8) is 0 Å². The third-order valence-electron chi connectivity index (χ3n) is 1.59. The van der Waals surface area contributed by atoms with Crippen LogP contribution in [0, 0.1) is 0 Å². The van der Waals surface area contributed by atoms with E-state index in [2.05, 4.69) is 6.58 Å². The molecule has 5 heteroatoms. The summed E-state index contributed by atoms with van der Waals surface area (Å²) in [5, 5.41) is 0. The van der Waals surface area contributed by atoms with E-state index in [1.54, 1.807) is 0 Å². The molecule has 76 valence electrons. The van der Waals surface area contributed by atoms with Gasteiger partial charge in [0.25, 0.3) is 0 Å². The summed E-state index contributed by atoms with van der Waals surface area (Å²) in [6.07, 6.45) is -3.78. The van der Waals surface area contributed by atoms with Crippen molar-refractivity contribution in [3.05, 3.63) is 36.3 Å². The van der Waals surface area contributed by atoms with E-state index in [-0.39, 0.29) is 5.76 Å². The second-order valence-electron chi connectivity index (χ2n) is 2.66. The van der Waals surface area contributed by atoms with Crippen molar-refractivity contribution in [2.24, 2.45) is 0 Å². The average Bonchev–Trinajstić information content (AvgIpc) is 2.53. The quantitative estimate of drug-likeness (QED) is 0.708. The van der Waals surface area contributed by atoms with Crippen LogP contribution in [-0.2, 0) is 11.2 Å². The molecule has 0 bridgehead atoms. The molecule has 0 radical (unpaired) electrons. The number of carbonyl (C=O) groups excluding carboxylic acids is 1. The van der Waals surface area contributed by atoms with Crippen molar-refractivity contribution in [3.8, 4) is 0 Å². The molecule has 0 spiro atoms. The van der Waals surface area contributed by atoms with E-state index in [9.17, 15) is 18.0 Å². The number of hydrogen-bond donors (Lipinski definition) is 0. The van der Waals surface area contributed by atoms with Crippen LogP contribution in [0.5, 0.6) is 0 Å². The summed E-state index contributed by atoms with van der Waals surface area (Å²) in [5.74, 6) is -0.882. The van der Waals surface area contributed by atoms with Crippen LogP contribution in [0.4, 0.5) is 13.2 Å². The molecule has 0 unspecified atom stereocenters. The lowest BCUT2D eigenvalue weighted by atomic mass is 10.1. The van der Waals surface area contributed by atoms with Gasteiger partial charge in [0.2, 0.25) is 0 Å². The summed E-state index contributed by atoms with van der Waals surface area (Å²) in [4.78, 5) is 11.0. The molecule has 0 saturated heterocycles. The second-order valence-corrected chi connectivity index (χ2v) is 2.66. The fourth-order valence-electron chi connectivity index (χ4n) is 0.836. The van der Waals surface area contributed by atoms with Crippen LogP contribution < -0.4 is 0 Å². The monoisotopic (exact) mass is 204 g/mol. The minimum absolute atomic E-state index is 0.195. The largest absolute Gasteiger partial charge is 0.469 e. The highest BCUT2D eigenvalue weighted by molar-refractivity contribution is 5.97. The molecule has 1 rings (SSSR count). The van der Waals surface area contributed by atoms with Crippen molar-refractivity contribution < 1.29 is 22.4 Å². The number of carbonyl (C=O) groups is 1. The summed E-state index contributed by atoms with van der Waals surface area (Å²) in [6, 6.07) is 2.93. The van der Waals surface area contributed by atoms with E-state index in [0.29, 0.717) is 0 Å². The van der Waals surface area contributed by atoms with E-state index >= 15 is 0 Å². The molecule has 0 atom stereocenters. The zero-order valence-electron chi connectivity index (χ0n) is 7.10. The molecule has 1 heterocycles. The SMILES string of the molecule is C=C(C(=O)Cc1ccco1)C(F)(F)F. The highest BCUT2D eigenvalue weighted by Gasteiger charge is 2.36. The smallest absolute Gasteiger partial charge is 0.419 e. The topological polar surface area (TPSA) is 30.2 Å². The van der Waals surface area contributed by atoms with Crippen molar-refractivity contribution in [1.82, 2.24) is 0 Å². The highest BCUT2D eigenvalue weighted by atomic mass is 19.4. The molecule has 0 aromatic carbocycles. The summed E-state index contributed by atoms with van der Waals surface area (Å²) in [6.45, 7) is 2.69. The third kappa shape index (κ3) is 2.48. The number of rotatable bonds is 3. The van der Waals surface area contributed by atoms with Gasteiger partial charge in [0.1, 0.15) is 5.76 Å². The Hall–Kier alpha value is -1.52. The number of Topliss-reactive ketones (excluding diaryl/α,β-unsaturated/α-hetero) is 1. The van der Waals surface area contributed by atoms with Gasteiger partial charge in [0, 0.05) is 0 Å². The van der Waals surface area contributed by atoms with Crippen LogP contribution in [0.25, 0.3) is 0 Å². The molecule has 0 amide bonds. The summed E-state index contributed by atoms with van der Waals surface area (Å²) in [5.41, 5.74) is -1.35. The molecular weight excluding hydrogens is 197 g/mol. The van der Waals surface area contributed by atoms with Gasteiger partial charge in [-0.1, -0.05) is 6.58 Å². The lowest BCUT2D eigenvalue weighted by Gasteiger charge is -2.07. The molecule has 0 saturated carbocycles. The fourth-order valence-corrected chi connectivity index (χ4v) is 0.836. The van der Waals surface area contributed by atoms with Crippen molar-refractivity contribution in [2.75, 3.05) is 0 Å². The fraction of sp³-hybridized carbons (Fsp3) is 0.222. The van der Waals surface area contributed by atoms with Gasteiger partial charge in [0.05, 0.1) is 18.3 Å². The summed E-state index contributed by atoms with van der Waals surface area (Å²) >= 11 is 0. The Morgan fingerprint density at radius 3 is 2.57 bits per heavy atom. The Morgan fingerprint density at radius 2 is 2.14 bits per heavy atom. The van der Waals surface area contributed by atoms with Crippen LogP contribution >= 0.6 is 0 Å². The first kappa shape index (κ1) is 10.6. The van der Waals surface area contributed by atoms with E-state index in [4.69, 9.17) is 4.42 Å². The van der Waals surface area contributed by atoms with Crippen LogP contribution in [0.2, 0.25) is 0 Å². The Balaban J connectivity index is 2.64. The molecule has 0 N–H and O–H groups in total. The minimum atomic E-state index is -4.66. The van der Waals surface area contributed by atoms with Gasteiger partial charge in [0.15, 0.2) is 5.78 Å². The number of halogens is 3. The van der Waals surface area contributed by atoms with Crippen molar-refractivity contribution in [2.45, 2.75) is 12.6 Å². The second kappa shape index (κ2) is 3.69. The Kier molecular flexibility index (Phi) is 2.78. The first-order valence-electron chi connectivity index (χ1n) is 3.73. The number of allylic oxidation sites excluding steroid dienone is 1. The molecule has 1 aromatic heterocycles. The van der Waals surface area contributed by atoms with Gasteiger partial charge in [-0.25, -0.2) is 0 Å². The number of ketones is 1. The predicted octanol–water partition coefficient (Wildman–Crippen LogP) is 2.51. The predicted molar refractivity (Wildman–Crippen MR) is 42.6 cm³/mol. The van der Waals surface area contributed by atoms with Crippen molar-refractivity contribution >= 4 is 5.78 Å². The zero-order valence-corrected chi connectivity index (χ0v) is 7.10. The van der Waals surface area contributed by atoms with E-state index in [0.717, 1.165) is 0 Å². The number of alkyl halides is 3. The average molecular weight is 204 g/mol. The zero-order chi connectivity index (χ0) is 10.8. The van der Waals surface area contributed by atoms with E-state index in [1.165, 1.54) is 18.4 Å². The number of hydrogen-bond acceptors (Lipinski definition) is 2. The van der Waals surface area contributed by atoms with E-state index < -0.39 is 24.0 Å². The normalized spacial score (nSPS) is 11.4.